The van der Waals surface area contributed by atoms with Crippen LogP contribution in [0.25, 0.3) is 97.2 Å². The first-order valence-corrected chi connectivity index (χ1v) is 43.5. The molecule has 0 saturated carbocycles. The molecule has 0 amide bonds. The average molecular weight is 1830 g/mol. The van der Waals surface area contributed by atoms with Crippen molar-refractivity contribution in [3.8, 4) is 5.75 Å². The van der Waals surface area contributed by atoms with Crippen molar-refractivity contribution in [3.63, 3.8) is 0 Å². The summed E-state index contributed by atoms with van der Waals surface area (Å²) in [7, 11) is 1.61. The van der Waals surface area contributed by atoms with E-state index < -0.39 is 0 Å². The van der Waals surface area contributed by atoms with E-state index in [1.54, 1.807) is 201 Å². The SMILES string of the molecule is COc1cccc(/C=C/c2ccccc2)c1CO.Cc1ccc(/C=C/c2ccc(C)cc2F)cc1.Cc1ccc(/C=C/c2ccc(F)cc2)c(F)c1.Cc1ccc(/C=C/c2cccc(F)c2)c(F)c1.Cc1ccc(/C=C/c2cccc(F)c2)cc1.Cc1ccc(/C=C/c2ccccc2F)c(F)c1.Cc1ccc(F)c(/C=C/c2ccc(F)cc2)c1.Cc1ccc(F)c(/C=C/c2cccc(F)c2)c1. The van der Waals surface area contributed by atoms with Crippen molar-refractivity contribution >= 4 is 97.2 Å². The lowest BCUT2D eigenvalue weighted by Crippen LogP contribution is -1.94. The zero-order valence-corrected chi connectivity index (χ0v) is 76.8. The number of ether oxygens (including phenoxy) is 1. The number of benzene rings is 16. The van der Waals surface area contributed by atoms with Crippen LogP contribution in [0, 0.1) is 125 Å². The fourth-order valence-corrected chi connectivity index (χ4v) is 12.7. The summed E-state index contributed by atoms with van der Waals surface area (Å²) in [5.41, 5.74) is 20.7. The fourth-order valence-electron chi connectivity index (χ4n) is 12.7. The van der Waals surface area contributed by atoms with E-state index in [1.807, 2.05) is 194 Å². The van der Waals surface area contributed by atoms with Crippen LogP contribution in [0.2, 0.25) is 0 Å². The van der Waals surface area contributed by atoms with Gasteiger partial charge in [0, 0.05) is 44.5 Å². The largest absolute Gasteiger partial charge is 0.496 e. The standard InChI is InChI=1S/C16H15F.C16H16O2.5C15H12F2.C15H13F/c1-12-3-6-14(7-4-12)8-10-15-9-5-13(2)11-16(15)17;1-18-16-9-5-8-14(15(16)12-17)11-10-13-6-3-2-4-7-13;1-11-2-9-15(17)13(10-11)6-3-12-4-7-14(16)8-5-12;1-11-2-6-13(15(17)10-11)7-3-12-4-8-14(16)9-5-12;1-11-5-8-15(17)13(9-11)7-6-12-3-2-4-14(16)10-12;1-11-5-7-13(15(17)9-11)8-6-12-3-2-4-14(16)10-12;1-11-6-7-13(15(17)10-11)9-8-12-4-2-3-5-14(12)16;1-12-5-7-13(8-6-12)9-10-14-3-2-4-15(16)11-14/h3-11H,1-2H3;2-11,17H,12H2,1H3;5*2-10H,1H3;2-11H,1H3/b10-8+;11-10+;6-3+;7-3+;7-6+;8-6+;9-8+;10-9+. The Bertz CT molecular complexity index is 6660. The maximum atomic E-state index is 13.6. The average Bonchev–Trinajstić information content (AvgIpc) is 0.852. The second-order valence-corrected chi connectivity index (χ2v) is 31.5. The van der Waals surface area contributed by atoms with Crippen LogP contribution in [-0.2, 0) is 6.61 Å². The number of rotatable bonds is 18. The minimum Gasteiger partial charge on any atom is -0.496 e. The molecule has 0 fully saturated rings. The van der Waals surface area contributed by atoms with Crippen molar-refractivity contribution in [2.75, 3.05) is 7.11 Å². The maximum absolute atomic E-state index is 13.6. The van der Waals surface area contributed by atoms with Gasteiger partial charge in [-0.1, -0.05) is 350 Å². The molecule has 16 aromatic carbocycles. The molecule has 0 bridgehead atoms. The molecule has 0 aliphatic heterocycles. The monoisotopic (exact) mass is 1830 g/mol. The first-order valence-electron chi connectivity index (χ1n) is 43.5. The number of hydrogen-bond acceptors (Lipinski definition) is 2. The Morgan fingerprint density at radius 1 is 0.184 bits per heavy atom. The molecule has 16 rings (SSSR count). The molecule has 688 valence electrons. The van der Waals surface area contributed by atoms with Gasteiger partial charge in [-0.05, 0) is 249 Å². The van der Waals surface area contributed by atoms with E-state index in [-0.39, 0.29) is 76.4 Å². The molecular weight excluding hydrogens is 1730 g/mol. The van der Waals surface area contributed by atoms with Gasteiger partial charge >= 0.3 is 0 Å². The zero-order chi connectivity index (χ0) is 97.7. The second kappa shape index (κ2) is 55.0. The lowest BCUT2D eigenvalue weighted by molar-refractivity contribution is 0.273. The zero-order valence-electron chi connectivity index (χ0n) is 76.8. The molecule has 0 radical (unpaired) electrons. The van der Waals surface area contributed by atoms with E-state index in [1.165, 1.54) is 108 Å². The second-order valence-electron chi connectivity index (χ2n) is 31.5. The van der Waals surface area contributed by atoms with Gasteiger partial charge in [-0.15, -0.1) is 0 Å². The van der Waals surface area contributed by atoms with Gasteiger partial charge in [0.2, 0.25) is 0 Å². The molecule has 2 nitrogen and oxygen atoms in total. The van der Waals surface area contributed by atoms with E-state index in [0.717, 1.165) is 77.9 Å². The molecule has 0 aliphatic carbocycles. The topological polar surface area (TPSA) is 29.5 Å². The van der Waals surface area contributed by atoms with Gasteiger partial charge in [-0.25, -0.2) is 52.7 Å². The van der Waals surface area contributed by atoms with Gasteiger partial charge in [0.25, 0.3) is 0 Å². The van der Waals surface area contributed by atoms with E-state index >= 15 is 0 Å². The molecule has 1 N–H and O–H groups in total. The molecule has 0 aliphatic rings. The lowest BCUT2D eigenvalue weighted by atomic mass is 10.1. The van der Waals surface area contributed by atoms with Crippen LogP contribution in [0.15, 0.2) is 352 Å². The third kappa shape index (κ3) is 37.2. The predicted octanol–water partition coefficient (Wildman–Crippen LogP) is 34.5. The third-order valence-corrected chi connectivity index (χ3v) is 20.3. The van der Waals surface area contributed by atoms with Crippen molar-refractivity contribution < 1.29 is 62.5 Å². The summed E-state index contributed by atoms with van der Waals surface area (Å²) in [4.78, 5) is 0. The Hall–Kier alpha value is -15.6. The molecule has 16 aromatic rings. The summed E-state index contributed by atoms with van der Waals surface area (Å²) in [5, 5.41) is 9.41. The summed E-state index contributed by atoms with van der Waals surface area (Å²) in [6, 6.07) is 99.8. The van der Waals surface area contributed by atoms with E-state index in [9.17, 15) is 57.8 Å². The molecule has 0 heterocycles. The minimum atomic E-state index is -0.309. The third-order valence-electron chi connectivity index (χ3n) is 20.3. The summed E-state index contributed by atoms with van der Waals surface area (Å²) in [6.45, 7) is 15.3. The van der Waals surface area contributed by atoms with Crippen molar-refractivity contribution in [1.29, 1.82) is 0 Å². The smallest absolute Gasteiger partial charge is 0.130 e. The minimum absolute atomic E-state index is 0.0293. The molecule has 0 spiro atoms. The van der Waals surface area contributed by atoms with E-state index in [0.29, 0.717) is 55.8 Å². The van der Waals surface area contributed by atoms with Crippen LogP contribution in [-0.4, -0.2) is 12.2 Å². The molecule has 14 heteroatoms. The van der Waals surface area contributed by atoms with Gasteiger partial charge < -0.3 is 9.84 Å². The van der Waals surface area contributed by atoms with Crippen molar-refractivity contribution in [3.05, 3.63) is 561 Å². The number of halogens is 12. The molecule has 0 saturated heterocycles. The van der Waals surface area contributed by atoms with Crippen molar-refractivity contribution in [2.45, 2.75) is 62.0 Å². The highest BCUT2D eigenvalue weighted by molar-refractivity contribution is 5.77. The van der Waals surface area contributed by atoms with E-state index in [2.05, 4.69) is 19.1 Å². The Morgan fingerprint density at radius 3 is 0.765 bits per heavy atom. The number of aliphatic hydroxyl groups is 1. The first-order chi connectivity index (χ1) is 65.5. The number of hydrogen-bond donors (Lipinski definition) is 1. The Labute approximate surface area is 790 Å². The van der Waals surface area contributed by atoms with Crippen LogP contribution < -0.4 is 4.74 Å². The van der Waals surface area contributed by atoms with Crippen LogP contribution in [0.4, 0.5) is 52.7 Å². The highest BCUT2D eigenvalue weighted by Crippen LogP contribution is 2.27. The normalized spacial score (nSPS) is 11.0. The summed E-state index contributed by atoms with van der Waals surface area (Å²) < 4.78 is 164. The van der Waals surface area contributed by atoms with Gasteiger partial charge in [-0.2, -0.15) is 0 Å². The van der Waals surface area contributed by atoms with Crippen LogP contribution >= 0.6 is 0 Å². The Balaban J connectivity index is 0.000000174. The van der Waals surface area contributed by atoms with Crippen LogP contribution in [0.5, 0.6) is 5.75 Å². The van der Waals surface area contributed by atoms with Crippen molar-refractivity contribution in [2.24, 2.45) is 0 Å². The summed E-state index contributed by atoms with van der Waals surface area (Å²) in [6.07, 6.45) is 28.3. The molecule has 0 unspecified atom stereocenters. The lowest BCUT2D eigenvalue weighted by Gasteiger charge is -2.08. The van der Waals surface area contributed by atoms with Crippen molar-refractivity contribution in [1.82, 2.24) is 0 Å². The quantitative estimate of drug-likeness (QED) is 0.0685. The molecular formula is C122H104F12O2. The maximum Gasteiger partial charge on any atom is 0.130 e. The number of aliphatic hydroxyl groups excluding tert-OH is 1. The van der Waals surface area contributed by atoms with E-state index in [4.69, 9.17) is 4.74 Å². The summed E-state index contributed by atoms with van der Waals surface area (Å²) in [5.74, 6) is -2.44. The van der Waals surface area contributed by atoms with Crippen LogP contribution in [0.1, 0.15) is 139 Å². The molecule has 0 aromatic heterocycles. The van der Waals surface area contributed by atoms with Gasteiger partial charge in [0.15, 0.2) is 0 Å². The van der Waals surface area contributed by atoms with Gasteiger partial charge in [0.05, 0.1) is 13.7 Å². The van der Waals surface area contributed by atoms with Gasteiger partial charge in [0.1, 0.15) is 75.6 Å². The highest BCUT2D eigenvalue weighted by Gasteiger charge is 2.09. The number of aryl methyl sites for hydroxylation is 8. The van der Waals surface area contributed by atoms with Gasteiger partial charge in [-0.3, -0.25) is 0 Å². The predicted molar refractivity (Wildman–Crippen MR) is 544 cm³/mol. The Kier molecular flexibility index (Phi) is 42.1. The first kappa shape index (κ1) is 104. The molecule has 136 heavy (non-hydrogen) atoms. The summed E-state index contributed by atoms with van der Waals surface area (Å²) >= 11 is 0. The Morgan fingerprint density at radius 2 is 0.426 bits per heavy atom. The highest BCUT2D eigenvalue weighted by atomic mass is 19.2. The van der Waals surface area contributed by atoms with Crippen LogP contribution in [0.3, 0.4) is 0 Å². The fraction of sp³-hybridized carbons (Fsp3) is 0.0820. The number of methoxy groups -OCH3 is 1. The molecule has 0 atom stereocenters.